The third-order valence-corrected chi connectivity index (χ3v) is 4.56. The molecule has 1 aromatic heterocycles. The number of unbranched alkanes of at least 4 members (excludes halogenated alkanes) is 9. The van der Waals surface area contributed by atoms with E-state index in [-0.39, 0.29) is 10.6 Å². The Morgan fingerprint density at radius 1 is 0.714 bits per heavy atom. The van der Waals surface area contributed by atoms with Crippen LogP contribution in [-0.2, 0) is 0 Å². The van der Waals surface area contributed by atoms with E-state index in [1.54, 1.807) is 11.8 Å². The second-order valence-electron chi connectivity index (χ2n) is 5.19. The number of hydrogen-bond donors (Lipinski definition) is 0. The van der Waals surface area contributed by atoms with E-state index in [4.69, 9.17) is 23.2 Å². The minimum absolute atomic E-state index is 0.167. The maximum atomic E-state index is 5.73. The molecule has 0 saturated heterocycles. The van der Waals surface area contributed by atoms with Crippen LogP contribution < -0.4 is 0 Å². The second kappa shape index (κ2) is 12.5. The summed E-state index contributed by atoms with van der Waals surface area (Å²) in [6.07, 6.45) is 13.5. The van der Waals surface area contributed by atoms with Crippen molar-refractivity contribution in [1.29, 1.82) is 0 Å². The fraction of sp³-hybridized carbons (Fsp3) is 0.800. The highest BCUT2D eigenvalue weighted by molar-refractivity contribution is 7.99. The van der Waals surface area contributed by atoms with Gasteiger partial charge in [-0.3, -0.25) is 0 Å². The zero-order valence-corrected chi connectivity index (χ0v) is 15.1. The molecular formula is C15H25Cl2N3S. The predicted octanol–water partition coefficient (Wildman–Crippen LogP) is 6.19. The highest BCUT2D eigenvalue weighted by Gasteiger charge is 2.03. The molecule has 0 spiro atoms. The molecule has 0 bridgehead atoms. The average Bonchev–Trinajstić information content (AvgIpc) is 2.44. The van der Waals surface area contributed by atoms with Gasteiger partial charge in [-0.1, -0.05) is 76.5 Å². The third kappa shape index (κ3) is 10.3. The smallest absolute Gasteiger partial charge is 0.192 e. The van der Waals surface area contributed by atoms with Crippen molar-refractivity contribution in [3.05, 3.63) is 10.6 Å². The summed E-state index contributed by atoms with van der Waals surface area (Å²) in [5, 5.41) is 0.956. The van der Waals surface area contributed by atoms with E-state index in [1.807, 2.05) is 0 Å². The highest BCUT2D eigenvalue weighted by atomic mass is 35.5. The predicted molar refractivity (Wildman–Crippen MR) is 92.4 cm³/mol. The summed E-state index contributed by atoms with van der Waals surface area (Å²) in [5.41, 5.74) is 0. The van der Waals surface area contributed by atoms with E-state index in [2.05, 4.69) is 21.9 Å². The molecule has 1 aromatic rings. The molecule has 0 amide bonds. The van der Waals surface area contributed by atoms with Crippen LogP contribution in [0.1, 0.15) is 71.1 Å². The summed E-state index contributed by atoms with van der Waals surface area (Å²) < 4.78 is 0. The average molecular weight is 350 g/mol. The topological polar surface area (TPSA) is 38.7 Å². The summed E-state index contributed by atoms with van der Waals surface area (Å²) in [6.45, 7) is 2.26. The van der Waals surface area contributed by atoms with Gasteiger partial charge in [0.05, 0.1) is 0 Å². The fourth-order valence-corrected chi connectivity index (χ4v) is 3.42. The first-order chi connectivity index (χ1) is 10.2. The fourth-order valence-electron chi connectivity index (χ4n) is 2.13. The molecule has 0 aliphatic heterocycles. The van der Waals surface area contributed by atoms with Crippen LogP contribution in [0.4, 0.5) is 0 Å². The lowest BCUT2D eigenvalue weighted by molar-refractivity contribution is 0.563. The van der Waals surface area contributed by atoms with Crippen LogP contribution in [0, 0.1) is 0 Å². The monoisotopic (exact) mass is 349 g/mol. The van der Waals surface area contributed by atoms with Crippen LogP contribution in [0.25, 0.3) is 0 Å². The summed E-state index contributed by atoms with van der Waals surface area (Å²) in [6, 6.07) is 0. The number of rotatable bonds is 12. The van der Waals surface area contributed by atoms with Crippen LogP contribution in [-0.4, -0.2) is 20.7 Å². The Hall–Kier alpha value is -0.0600. The van der Waals surface area contributed by atoms with Gasteiger partial charge in [-0.05, 0) is 29.6 Å². The van der Waals surface area contributed by atoms with E-state index in [9.17, 15) is 0 Å². The van der Waals surface area contributed by atoms with Crippen LogP contribution in [0.15, 0.2) is 5.16 Å². The van der Waals surface area contributed by atoms with E-state index in [0.717, 1.165) is 5.75 Å². The molecule has 0 unspecified atom stereocenters. The number of hydrogen-bond acceptors (Lipinski definition) is 4. The Labute approximate surface area is 142 Å². The van der Waals surface area contributed by atoms with Gasteiger partial charge >= 0.3 is 0 Å². The molecule has 120 valence electrons. The molecule has 1 heterocycles. The summed E-state index contributed by atoms with van der Waals surface area (Å²) in [4.78, 5) is 11.8. The Morgan fingerprint density at radius 3 is 1.71 bits per heavy atom. The van der Waals surface area contributed by atoms with Gasteiger partial charge < -0.3 is 0 Å². The number of nitrogens with zero attached hydrogens (tertiary/aromatic N) is 3. The molecular weight excluding hydrogens is 325 g/mol. The van der Waals surface area contributed by atoms with Crippen LogP contribution in [0.3, 0.4) is 0 Å². The van der Waals surface area contributed by atoms with Gasteiger partial charge in [-0.15, -0.1) is 0 Å². The van der Waals surface area contributed by atoms with Crippen molar-refractivity contribution < 1.29 is 0 Å². The molecule has 0 atom stereocenters. The Kier molecular flexibility index (Phi) is 11.3. The number of thioether (sulfide) groups is 1. The summed E-state index contributed by atoms with van der Waals surface area (Å²) >= 11 is 13.1. The minimum atomic E-state index is 0.167. The van der Waals surface area contributed by atoms with Crippen molar-refractivity contribution in [2.45, 2.75) is 76.3 Å². The van der Waals surface area contributed by atoms with Gasteiger partial charge in [0.25, 0.3) is 0 Å². The molecule has 0 radical (unpaired) electrons. The maximum Gasteiger partial charge on any atom is 0.227 e. The van der Waals surface area contributed by atoms with E-state index in [1.165, 1.54) is 64.2 Å². The van der Waals surface area contributed by atoms with Gasteiger partial charge in [0.15, 0.2) is 5.16 Å². The molecule has 21 heavy (non-hydrogen) atoms. The Bertz CT molecular complexity index is 371. The molecule has 3 nitrogen and oxygen atoms in total. The van der Waals surface area contributed by atoms with Crippen molar-refractivity contribution in [2.75, 3.05) is 5.75 Å². The molecule has 6 heteroatoms. The SMILES string of the molecule is CCCCCCCCCCCCSc1nc(Cl)nc(Cl)n1. The number of halogens is 2. The van der Waals surface area contributed by atoms with Crippen molar-refractivity contribution in [3.63, 3.8) is 0 Å². The molecule has 0 saturated carbocycles. The molecule has 0 aliphatic rings. The lowest BCUT2D eigenvalue weighted by Gasteiger charge is -2.02. The Balaban J connectivity index is 1.93. The van der Waals surface area contributed by atoms with Gasteiger partial charge in [0.2, 0.25) is 10.6 Å². The molecule has 0 N–H and O–H groups in total. The van der Waals surface area contributed by atoms with Crippen molar-refractivity contribution in [1.82, 2.24) is 15.0 Å². The van der Waals surface area contributed by atoms with Gasteiger partial charge in [-0.2, -0.15) is 15.0 Å². The first-order valence-corrected chi connectivity index (χ1v) is 9.66. The molecule has 0 fully saturated rings. The maximum absolute atomic E-state index is 5.73. The third-order valence-electron chi connectivity index (χ3n) is 3.29. The molecule has 0 aliphatic carbocycles. The lowest BCUT2D eigenvalue weighted by atomic mass is 10.1. The quantitative estimate of drug-likeness (QED) is 0.333. The van der Waals surface area contributed by atoms with Crippen LogP contribution >= 0.6 is 35.0 Å². The normalized spacial score (nSPS) is 11.0. The molecule has 0 aromatic carbocycles. The van der Waals surface area contributed by atoms with E-state index in [0.29, 0.717) is 5.16 Å². The Morgan fingerprint density at radius 2 is 1.19 bits per heavy atom. The summed E-state index contributed by atoms with van der Waals surface area (Å²) in [5.74, 6) is 1.01. The van der Waals surface area contributed by atoms with E-state index >= 15 is 0 Å². The van der Waals surface area contributed by atoms with Gasteiger partial charge in [-0.25, -0.2) is 0 Å². The first-order valence-electron chi connectivity index (χ1n) is 7.92. The zero-order valence-electron chi connectivity index (χ0n) is 12.8. The minimum Gasteiger partial charge on any atom is -0.192 e. The van der Waals surface area contributed by atoms with E-state index < -0.39 is 0 Å². The first kappa shape index (κ1) is 19.0. The van der Waals surface area contributed by atoms with Crippen molar-refractivity contribution >= 4 is 35.0 Å². The van der Waals surface area contributed by atoms with Crippen LogP contribution in [0.5, 0.6) is 0 Å². The lowest BCUT2D eigenvalue weighted by Crippen LogP contribution is -1.93. The standard InChI is InChI=1S/C15H25Cl2N3S/c1-2-3-4-5-6-7-8-9-10-11-12-21-15-19-13(16)18-14(17)20-15/h2-12H2,1H3. The van der Waals surface area contributed by atoms with Crippen molar-refractivity contribution in [3.8, 4) is 0 Å². The largest absolute Gasteiger partial charge is 0.227 e. The van der Waals surface area contributed by atoms with Gasteiger partial charge in [0, 0.05) is 5.75 Å². The highest BCUT2D eigenvalue weighted by Crippen LogP contribution is 2.19. The van der Waals surface area contributed by atoms with Crippen LogP contribution in [0.2, 0.25) is 10.6 Å². The summed E-state index contributed by atoms with van der Waals surface area (Å²) in [7, 11) is 0. The van der Waals surface area contributed by atoms with Crippen molar-refractivity contribution in [2.24, 2.45) is 0 Å². The second-order valence-corrected chi connectivity index (χ2v) is 6.92. The van der Waals surface area contributed by atoms with Gasteiger partial charge in [0.1, 0.15) is 0 Å². The number of aromatic nitrogens is 3. The molecule has 1 rings (SSSR count). The zero-order chi connectivity index (χ0) is 15.3.